The van der Waals surface area contributed by atoms with Crippen LogP contribution < -0.4 is 9.64 Å². The highest BCUT2D eigenvalue weighted by Gasteiger charge is 2.53. The number of urea groups is 1. The Morgan fingerprint density at radius 1 is 0.939 bits per heavy atom. The fourth-order valence-corrected chi connectivity index (χ4v) is 5.14. The van der Waals surface area contributed by atoms with Crippen LogP contribution in [0.25, 0.3) is 10.9 Å². The predicted octanol–water partition coefficient (Wildman–Crippen LogP) is 4.97. The van der Waals surface area contributed by atoms with E-state index in [1.54, 1.807) is 36.3 Å². The molecule has 4 aromatic rings. The van der Waals surface area contributed by atoms with Gasteiger partial charge in [0.2, 0.25) is 0 Å². The van der Waals surface area contributed by atoms with Crippen LogP contribution in [-0.4, -0.2) is 35.0 Å². The first-order valence-electron chi connectivity index (χ1n) is 11.0. The third-order valence-corrected chi connectivity index (χ3v) is 6.77. The number of para-hydroxylation sites is 1. The maximum atomic E-state index is 13.8. The van der Waals surface area contributed by atoms with Crippen molar-refractivity contribution in [3.05, 3.63) is 95.2 Å². The van der Waals surface area contributed by atoms with Crippen molar-refractivity contribution in [3.8, 4) is 5.75 Å². The van der Waals surface area contributed by atoms with Gasteiger partial charge in [0, 0.05) is 23.0 Å². The van der Waals surface area contributed by atoms with E-state index in [-0.39, 0.29) is 18.0 Å². The molecule has 6 heteroatoms. The standard InChI is InChI=1S/C27H23N3O3/c1-16-7-9-17(10-8-16)25-24-21(20-5-3-4-6-22(20)28-24)15-23-26(31)29(27(32)30(23)25)18-11-13-19(33-2)14-12-18/h3-14,23,25,28H,15H2,1-2H3. The highest BCUT2D eigenvalue weighted by molar-refractivity contribution is 6.22. The number of fused-ring (bicyclic) bond motifs is 4. The van der Waals surface area contributed by atoms with E-state index in [0.29, 0.717) is 17.9 Å². The van der Waals surface area contributed by atoms with E-state index in [9.17, 15) is 9.59 Å². The van der Waals surface area contributed by atoms with E-state index < -0.39 is 6.04 Å². The van der Waals surface area contributed by atoms with Crippen LogP contribution >= 0.6 is 0 Å². The monoisotopic (exact) mass is 437 g/mol. The van der Waals surface area contributed by atoms with Gasteiger partial charge in [-0.1, -0.05) is 48.0 Å². The van der Waals surface area contributed by atoms with Gasteiger partial charge in [0.25, 0.3) is 5.91 Å². The van der Waals surface area contributed by atoms with Crippen molar-refractivity contribution >= 4 is 28.5 Å². The highest BCUT2D eigenvalue weighted by atomic mass is 16.5. The van der Waals surface area contributed by atoms with Crippen LogP contribution in [0.2, 0.25) is 0 Å². The number of anilines is 1. The molecule has 2 aliphatic heterocycles. The van der Waals surface area contributed by atoms with Crippen molar-refractivity contribution in [2.75, 3.05) is 12.0 Å². The summed E-state index contributed by atoms with van der Waals surface area (Å²) >= 11 is 0. The molecule has 2 atom stereocenters. The fraction of sp³-hybridized carbons (Fsp3) is 0.185. The van der Waals surface area contributed by atoms with E-state index in [1.165, 1.54) is 4.90 Å². The fourth-order valence-electron chi connectivity index (χ4n) is 5.14. The molecule has 6 nitrogen and oxygen atoms in total. The lowest BCUT2D eigenvalue weighted by molar-refractivity contribution is -0.120. The molecule has 0 bridgehead atoms. The van der Waals surface area contributed by atoms with Gasteiger partial charge >= 0.3 is 6.03 Å². The Balaban J connectivity index is 1.51. The molecule has 0 saturated carbocycles. The molecule has 3 aromatic carbocycles. The Morgan fingerprint density at radius 2 is 1.67 bits per heavy atom. The molecule has 3 amide bonds. The molecular weight excluding hydrogens is 414 g/mol. The molecule has 1 N–H and O–H groups in total. The molecular formula is C27H23N3O3. The second kappa shape index (κ2) is 7.24. The maximum Gasteiger partial charge on any atom is 0.332 e. The molecule has 0 spiro atoms. The van der Waals surface area contributed by atoms with Gasteiger partial charge in [0.1, 0.15) is 17.8 Å². The normalized spacial score (nSPS) is 19.7. The van der Waals surface area contributed by atoms with Crippen LogP contribution in [0.3, 0.4) is 0 Å². The number of H-pyrrole nitrogens is 1. The number of carbonyl (C=O) groups excluding carboxylic acids is 2. The number of ether oxygens (including phenoxy) is 1. The lowest BCUT2D eigenvalue weighted by Crippen LogP contribution is -2.44. The Hall–Kier alpha value is -4.06. The molecule has 33 heavy (non-hydrogen) atoms. The first kappa shape index (κ1) is 19.6. The van der Waals surface area contributed by atoms with E-state index in [1.807, 2.05) is 49.4 Å². The van der Waals surface area contributed by atoms with Crippen molar-refractivity contribution in [2.45, 2.75) is 25.4 Å². The summed E-state index contributed by atoms with van der Waals surface area (Å²) in [4.78, 5) is 34.0. The number of nitrogens with zero attached hydrogens (tertiary/aromatic N) is 2. The van der Waals surface area contributed by atoms with E-state index in [2.05, 4.69) is 11.1 Å². The zero-order chi connectivity index (χ0) is 22.7. The summed E-state index contributed by atoms with van der Waals surface area (Å²) in [5, 5.41) is 1.10. The summed E-state index contributed by atoms with van der Waals surface area (Å²) in [5.41, 5.74) is 5.79. The lowest BCUT2D eigenvalue weighted by atomic mass is 9.88. The molecule has 1 aromatic heterocycles. The zero-order valence-electron chi connectivity index (χ0n) is 18.4. The molecule has 3 heterocycles. The third-order valence-electron chi connectivity index (χ3n) is 6.77. The van der Waals surface area contributed by atoms with Gasteiger partial charge in [-0.2, -0.15) is 0 Å². The summed E-state index contributed by atoms with van der Waals surface area (Å²) in [6.07, 6.45) is 0.485. The van der Waals surface area contributed by atoms with Gasteiger partial charge < -0.3 is 9.72 Å². The van der Waals surface area contributed by atoms with Crippen LogP contribution in [0, 0.1) is 6.92 Å². The SMILES string of the molecule is COc1ccc(N2C(=O)C3Cc4c([nH]c5ccccc45)C(c4ccc(C)cc4)N3C2=O)cc1. The molecule has 0 radical (unpaired) electrons. The summed E-state index contributed by atoms with van der Waals surface area (Å²) in [7, 11) is 1.59. The smallest absolute Gasteiger partial charge is 0.332 e. The van der Waals surface area contributed by atoms with Crippen molar-refractivity contribution in [3.63, 3.8) is 0 Å². The molecule has 1 saturated heterocycles. The zero-order valence-corrected chi connectivity index (χ0v) is 18.4. The Morgan fingerprint density at radius 3 is 2.39 bits per heavy atom. The summed E-state index contributed by atoms with van der Waals surface area (Å²) in [6, 6.07) is 22.1. The van der Waals surface area contributed by atoms with Crippen LogP contribution in [0.15, 0.2) is 72.8 Å². The minimum Gasteiger partial charge on any atom is -0.497 e. The second-order valence-corrected chi connectivity index (χ2v) is 8.66. The highest BCUT2D eigenvalue weighted by Crippen LogP contribution is 2.44. The summed E-state index contributed by atoms with van der Waals surface area (Å²) in [5.74, 6) is 0.479. The Bertz CT molecular complexity index is 1390. The van der Waals surface area contributed by atoms with Gasteiger partial charge in [0.05, 0.1) is 12.8 Å². The number of hydrogen-bond acceptors (Lipinski definition) is 3. The van der Waals surface area contributed by atoms with Gasteiger partial charge in [-0.05, 0) is 48.4 Å². The van der Waals surface area contributed by atoms with Gasteiger partial charge in [-0.3, -0.25) is 9.69 Å². The third kappa shape index (κ3) is 2.87. The number of aromatic amines is 1. The molecule has 164 valence electrons. The van der Waals surface area contributed by atoms with E-state index in [0.717, 1.165) is 33.3 Å². The van der Waals surface area contributed by atoms with Crippen molar-refractivity contribution in [2.24, 2.45) is 0 Å². The minimum absolute atomic E-state index is 0.196. The average Bonchev–Trinajstić information content (AvgIpc) is 3.33. The van der Waals surface area contributed by atoms with E-state index >= 15 is 0 Å². The number of benzene rings is 3. The van der Waals surface area contributed by atoms with Crippen molar-refractivity contribution < 1.29 is 14.3 Å². The van der Waals surface area contributed by atoms with Crippen LogP contribution in [0.5, 0.6) is 5.75 Å². The largest absolute Gasteiger partial charge is 0.497 e. The average molecular weight is 437 g/mol. The Labute approximate surface area is 191 Å². The summed E-state index contributed by atoms with van der Waals surface area (Å²) in [6.45, 7) is 2.04. The number of rotatable bonds is 3. The lowest BCUT2D eigenvalue weighted by Gasteiger charge is -2.36. The topological polar surface area (TPSA) is 65.6 Å². The second-order valence-electron chi connectivity index (χ2n) is 8.66. The first-order valence-corrected chi connectivity index (χ1v) is 11.0. The number of nitrogens with one attached hydrogen (secondary N) is 1. The van der Waals surface area contributed by atoms with Crippen molar-refractivity contribution in [1.29, 1.82) is 0 Å². The maximum absolute atomic E-state index is 13.8. The molecule has 2 aliphatic rings. The number of aromatic nitrogens is 1. The molecule has 1 fully saturated rings. The Kier molecular flexibility index (Phi) is 4.30. The molecule has 0 aliphatic carbocycles. The number of methoxy groups -OCH3 is 1. The predicted molar refractivity (Wildman–Crippen MR) is 127 cm³/mol. The number of aryl methyl sites for hydroxylation is 1. The molecule has 6 rings (SSSR count). The quantitative estimate of drug-likeness (QED) is 0.461. The van der Waals surface area contributed by atoms with Gasteiger partial charge in [0.15, 0.2) is 0 Å². The van der Waals surface area contributed by atoms with Gasteiger partial charge in [-0.25, -0.2) is 9.69 Å². The number of imide groups is 1. The van der Waals surface area contributed by atoms with Crippen molar-refractivity contribution in [1.82, 2.24) is 9.88 Å². The van der Waals surface area contributed by atoms with Gasteiger partial charge in [-0.15, -0.1) is 0 Å². The summed E-state index contributed by atoms with van der Waals surface area (Å²) < 4.78 is 5.23. The van der Waals surface area contributed by atoms with E-state index in [4.69, 9.17) is 4.74 Å². The number of carbonyl (C=O) groups is 2. The number of amides is 3. The van der Waals surface area contributed by atoms with Crippen LogP contribution in [0.1, 0.15) is 28.4 Å². The van der Waals surface area contributed by atoms with Crippen LogP contribution in [0.4, 0.5) is 10.5 Å². The number of hydrogen-bond donors (Lipinski definition) is 1. The molecule has 2 unspecified atom stereocenters. The van der Waals surface area contributed by atoms with Crippen LogP contribution in [-0.2, 0) is 11.2 Å². The minimum atomic E-state index is -0.558. The first-order chi connectivity index (χ1) is 16.1.